The van der Waals surface area contributed by atoms with Crippen molar-refractivity contribution in [2.45, 2.75) is 5.66 Å². The highest BCUT2D eigenvalue weighted by Gasteiger charge is 2.43. The van der Waals surface area contributed by atoms with Gasteiger partial charge in [-0.05, 0) is 17.7 Å². The van der Waals surface area contributed by atoms with Crippen LogP contribution in [0.3, 0.4) is 0 Å². The van der Waals surface area contributed by atoms with Crippen molar-refractivity contribution < 1.29 is 9.13 Å². The predicted octanol–water partition coefficient (Wildman–Crippen LogP) is 6.82. The van der Waals surface area contributed by atoms with E-state index in [9.17, 15) is 0 Å². The largest absolute Gasteiger partial charge is 0.378 e. The van der Waals surface area contributed by atoms with Crippen LogP contribution in [0.1, 0.15) is 11.2 Å². The Hall–Kier alpha value is -3.64. The van der Waals surface area contributed by atoms with Crippen LogP contribution in [-0.2, 0) is 9.13 Å². The van der Waals surface area contributed by atoms with Gasteiger partial charge in [0.1, 0.15) is 7.14 Å². The SMILES string of the molecule is CN(C)c1ccc(C(CP(=O)(c2ccccc2)c2ccccc2)P(=O)(c2ccccc2)c2ccccc2)cc1. The van der Waals surface area contributed by atoms with Crippen LogP contribution in [0.4, 0.5) is 5.69 Å². The average Bonchev–Trinajstić information content (AvgIpc) is 3.01. The van der Waals surface area contributed by atoms with Gasteiger partial charge >= 0.3 is 0 Å². The minimum absolute atomic E-state index is 0.239. The number of hydrogen-bond donors (Lipinski definition) is 0. The topological polar surface area (TPSA) is 37.4 Å². The number of rotatable bonds is 9. The molecule has 0 amide bonds. The molecule has 1 atom stereocenters. The van der Waals surface area contributed by atoms with Crippen LogP contribution in [0.25, 0.3) is 0 Å². The van der Waals surface area contributed by atoms with Crippen LogP contribution in [0.5, 0.6) is 0 Å². The second kappa shape index (κ2) is 11.6. The lowest BCUT2D eigenvalue weighted by atomic mass is 10.1. The van der Waals surface area contributed by atoms with Gasteiger partial charge < -0.3 is 14.0 Å². The second-order valence-corrected chi connectivity index (χ2v) is 15.8. The van der Waals surface area contributed by atoms with Gasteiger partial charge in [-0.15, -0.1) is 0 Å². The van der Waals surface area contributed by atoms with Crippen molar-refractivity contribution in [3.05, 3.63) is 151 Å². The van der Waals surface area contributed by atoms with E-state index in [2.05, 4.69) is 24.3 Å². The molecule has 0 bridgehead atoms. The zero-order valence-corrected chi connectivity index (χ0v) is 24.1. The molecule has 0 radical (unpaired) electrons. The van der Waals surface area contributed by atoms with E-state index in [1.807, 2.05) is 140 Å². The van der Waals surface area contributed by atoms with E-state index >= 15 is 9.13 Å². The Morgan fingerprint density at radius 3 is 1.23 bits per heavy atom. The summed E-state index contributed by atoms with van der Waals surface area (Å²) in [6, 6.07) is 47.0. The molecule has 5 rings (SSSR count). The maximum Gasteiger partial charge on any atom is 0.150 e. The Balaban J connectivity index is 1.78. The van der Waals surface area contributed by atoms with E-state index in [1.54, 1.807) is 0 Å². The maximum absolute atomic E-state index is 15.7. The van der Waals surface area contributed by atoms with Gasteiger partial charge in [0.2, 0.25) is 0 Å². The summed E-state index contributed by atoms with van der Waals surface area (Å²) >= 11 is 0. The Labute approximate surface area is 231 Å². The molecule has 5 aromatic carbocycles. The first-order chi connectivity index (χ1) is 18.9. The normalized spacial score (nSPS) is 12.6. The summed E-state index contributed by atoms with van der Waals surface area (Å²) < 4.78 is 31.1. The van der Waals surface area contributed by atoms with E-state index < -0.39 is 19.9 Å². The Morgan fingerprint density at radius 1 is 0.513 bits per heavy atom. The Bertz CT molecular complexity index is 1500. The van der Waals surface area contributed by atoms with Crippen LogP contribution in [-0.4, -0.2) is 20.3 Å². The molecule has 0 saturated carbocycles. The van der Waals surface area contributed by atoms with E-state index in [0.29, 0.717) is 0 Å². The third kappa shape index (κ3) is 5.44. The molecule has 0 spiro atoms. The molecule has 0 aliphatic heterocycles. The standard InChI is InChI=1S/C34H33NO2P2/c1-35(2)29-25-23-28(24-26-29)34(39(37,32-19-11-5-12-20-32)33-21-13-6-14-22-33)27-38(36,30-15-7-3-8-16-30)31-17-9-4-10-18-31/h3-26,34H,27H2,1-2H3. The molecule has 0 fully saturated rings. The van der Waals surface area contributed by atoms with Gasteiger partial charge in [0.15, 0.2) is 7.14 Å². The summed E-state index contributed by atoms with van der Waals surface area (Å²) in [4.78, 5) is 2.05. The molecule has 5 aromatic rings. The first-order valence-corrected chi connectivity index (χ1v) is 16.8. The lowest BCUT2D eigenvalue weighted by Crippen LogP contribution is -2.27. The molecule has 196 valence electrons. The van der Waals surface area contributed by atoms with Gasteiger partial charge in [-0.25, -0.2) is 0 Å². The minimum atomic E-state index is -3.32. The van der Waals surface area contributed by atoms with Gasteiger partial charge in [0.05, 0.1) is 5.66 Å². The third-order valence-electron chi connectivity index (χ3n) is 7.29. The first kappa shape index (κ1) is 26.9. The number of nitrogens with zero attached hydrogens (tertiary/aromatic N) is 1. The van der Waals surface area contributed by atoms with Crippen LogP contribution >= 0.6 is 14.3 Å². The molecule has 0 aromatic heterocycles. The number of hydrogen-bond acceptors (Lipinski definition) is 3. The molecule has 0 heterocycles. The summed E-state index contributed by atoms with van der Waals surface area (Å²) in [7, 11) is -2.51. The van der Waals surface area contributed by atoms with Crippen molar-refractivity contribution >= 4 is 41.2 Å². The van der Waals surface area contributed by atoms with Crippen molar-refractivity contribution in [3.8, 4) is 0 Å². The van der Waals surface area contributed by atoms with E-state index in [0.717, 1.165) is 32.5 Å². The van der Waals surface area contributed by atoms with Crippen molar-refractivity contribution in [1.29, 1.82) is 0 Å². The van der Waals surface area contributed by atoms with Gasteiger partial charge in [0.25, 0.3) is 0 Å². The lowest BCUT2D eigenvalue weighted by molar-refractivity contribution is 0.574. The van der Waals surface area contributed by atoms with Crippen molar-refractivity contribution in [3.63, 3.8) is 0 Å². The molecule has 0 aliphatic rings. The second-order valence-electron chi connectivity index (χ2n) is 9.92. The lowest BCUT2D eigenvalue weighted by Gasteiger charge is -2.33. The highest BCUT2D eigenvalue weighted by atomic mass is 31.2. The van der Waals surface area contributed by atoms with Crippen molar-refractivity contribution in [2.75, 3.05) is 25.2 Å². The summed E-state index contributed by atoms with van der Waals surface area (Å²) in [5, 5.41) is 3.09. The van der Waals surface area contributed by atoms with Crippen molar-refractivity contribution in [2.24, 2.45) is 0 Å². The molecule has 1 unspecified atom stereocenters. The van der Waals surface area contributed by atoms with Gasteiger partial charge in [0, 0.05) is 47.2 Å². The van der Waals surface area contributed by atoms with Crippen LogP contribution < -0.4 is 26.1 Å². The number of benzene rings is 5. The predicted molar refractivity (Wildman–Crippen MR) is 168 cm³/mol. The molecule has 0 aliphatic carbocycles. The molecular formula is C34H33NO2P2. The number of anilines is 1. The fourth-order valence-corrected chi connectivity index (χ4v) is 12.3. The monoisotopic (exact) mass is 549 g/mol. The minimum Gasteiger partial charge on any atom is -0.378 e. The van der Waals surface area contributed by atoms with E-state index in [4.69, 9.17) is 0 Å². The van der Waals surface area contributed by atoms with Crippen LogP contribution in [0.15, 0.2) is 146 Å². The molecule has 39 heavy (non-hydrogen) atoms. The third-order valence-corrected chi connectivity index (χ3v) is 14.2. The van der Waals surface area contributed by atoms with Gasteiger partial charge in [-0.3, -0.25) is 0 Å². The van der Waals surface area contributed by atoms with Gasteiger partial charge in [-0.2, -0.15) is 0 Å². The average molecular weight is 550 g/mol. The first-order valence-electron chi connectivity index (χ1n) is 13.1. The highest BCUT2D eigenvalue weighted by molar-refractivity contribution is 7.82. The fraction of sp³-hybridized carbons (Fsp3) is 0.118. The molecule has 0 saturated heterocycles. The van der Waals surface area contributed by atoms with Crippen LogP contribution in [0, 0.1) is 0 Å². The summed E-state index contributed by atoms with van der Waals surface area (Å²) in [5.41, 5.74) is 1.47. The van der Waals surface area contributed by atoms with Gasteiger partial charge in [-0.1, -0.05) is 133 Å². The van der Waals surface area contributed by atoms with E-state index in [-0.39, 0.29) is 6.16 Å². The maximum atomic E-state index is 15.7. The fourth-order valence-electron chi connectivity index (χ4n) is 5.17. The quantitative estimate of drug-likeness (QED) is 0.189. The Morgan fingerprint density at radius 2 is 0.872 bits per heavy atom. The summed E-state index contributed by atoms with van der Waals surface area (Å²) in [6.07, 6.45) is 0.239. The Kier molecular flexibility index (Phi) is 8.03. The van der Waals surface area contributed by atoms with E-state index in [1.165, 1.54) is 0 Å². The van der Waals surface area contributed by atoms with Crippen LogP contribution in [0.2, 0.25) is 0 Å². The zero-order valence-electron chi connectivity index (χ0n) is 22.3. The molecule has 3 nitrogen and oxygen atoms in total. The smallest absolute Gasteiger partial charge is 0.150 e. The summed E-state index contributed by atoms with van der Waals surface area (Å²) in [5.74, 6) is 0. The zero-order chi connectivity index (χ0) is 27.3. The molecule has 0 N–H and O–H groups in total. The van der Waals surface area contributed by atoms with Crippen molar-refractivity contribution in [1.82, 2.24) is 0 Å². The highest BCUT2D eigenvalue weighted by Crippen LogP contribution is 2.63. The molecule has 5 heteroatoms. The molecular weight excluding hydrogens is 516 g/mol. The summed E-state index contributed by atoms with van der Waals surface area (Å²) in [6.45, 7) is 0.